The Bertz CT molecular complexity index is 563. The highest BCUT2D eigenvalue weighted by molar-refractivity contribution is 6.00. The second-order valence-electron chi connectivity index (χ2n) is 9.41. The Labute approximate surface area is 211 Å². The van der Waals surface area contributed by atoms with E-state index in [0.29, 0.717) is 25.4 Å². The van der Waals surface area contributed by atoms with Gasteiger partial charge in [-0.1, -0.05) is 74.8 Å². The molecule has 6 heteroatoms. The maximum atomic E-state index is 12.9. The molecule has 0 bridgehead atoms. The second kappa shape index (κ2) is 23.2. The van der Waals surface area contributed by atoms with E-state index in [9.17, 15) is 14.4 Å². The predicted octanol–water partition coefficient (Wildman–Crippen LogP) is 6.45. The topological polar surface area (TPSA) is 83.9 Å². The summed E-state index contributed by atoms with van der Waals surface area (Å²) in [7, 11) is 0. The molecule has 204 valence electrons. The number of ether oxygens (including phenoxy) is 1. The van der Waals surface area contributed by atoms with Gasteiger partial charge in [0.1, 0.15) is 5.78 Å². The molecule has 0 atom stereocenters. The van der Waals surface area contributed by atoms with Crippen molar-refractivity contribution < 1.29 is 24.2 Å². The van der Waals surface area contributed by atoms with Crippen molar-refractivity contribution in [1.29, 1.82) is 0 Å². The lowest BCUT2D eigenvalue weighted by molar-refractivity contribution is -0.140. The zero-order valence-corrected chi connectivity index (χ0v) is 24.9. The van der Waals surface area contributed by atoms with Gasteiger partial charge in [0, 0.05) is 25.2 Å². The number of hydrogen-bond acceptors (Lipinski definition) is 5. The molecule has 1 N–H and O–H groups in total. The first-order valence-electron chi connectivity index (χ1n) is 12.9. The van der Waals surface area contributed by atoms with Crippen LogP contribution in [0.2, 0.25) is 0 Å². The highest BCUT2D eigenvalue weighted by atomic mass is 16.5. The molecule has 0 unspecified atom stereocenters. The van der Waals surface area contributed by atoms with Crippen LogP contribution < -0.4 is 0 Å². The maximum absolute atomic E-state index is 12.9. The molecule has 0 rings (SSSR count). The van der Waals surface area contributed by atoms with Crippen LogP contribution in [-0.2, 0) is 19.1 Å². The van der Waals surface area contributed by atoms with Crippen LogP contribution in [0.1, 0.15) is 110 Å². The number of imide groups is 1. The number of carbonyl (C=O) groups is 3. The molecule has 34 heavy (non-hydrogen) atoms. The van der Waals surface area contributed by atoms with E-state index in [0.717, 1.165) is 17.6 Å². The van der Waals surface area contributed by atoms with Gasteiger partial charge in [0.2, 0.25) is 6.41 Å². The molecule has 0 spiro atoms. The van der Waals surface area contributed by atoms with E-state index in [1.54, 1.807) is 0 Å². The van der Waals surface area contributed by atoms with Crippen molar-refractivity contribution in [2.24, 2.45) is 17.8 Å². The van der Waals surface area contributed by atoms with Gasteiger partial charge in [-0.3, -0.25) is 19.3 Å². The quantitative estimate of drug-likeness (QED) is 0.252. The van der Waals surface area contributed by atoms with Crippen LogP contribution in [0.3, 0.4) is 0 Å². The third-order valence-electron chi connectivity index (χ3n) is 4.69. The summed E-state index contributed by atoms with van der Waals surface area (Å²) in [5.41, 5.74) is 1.22. The van der Waals surface area contributed by atoms with Gasteiger partial charge in [-0.2, -0.15) is 0 Å². The second-order valence-corrected chi connectivity index (χ2v) is 9.41. The monoisotopic (exact) mass is 487 g/mol. The molecule has 2 amide bonds. The standard InChI is InChI=1S/C20H37NO3.C4H8O2.2C2H6/c1-14(2)10-11-24-20(8,9)12-21(13-22)19(23)18(16(5)6)17(7)15(3)4;1-4(6)2-3-5;2*1-2/h13-16H,10-12H2,1-9H3;5H,2-3H2,1H3;2*1-2H3/b18-17+;;;. The fraction of sp³-hybridized carbons (Fsp3) is 0.821. The van der Waals surface area contributed by atoms with E-state index < -0.39 is 5.60 Å². The minimum Gasteiger partial charge on any atom is -0.396 e. The molecule has 0 saturated carbocycles. The van der Waals surface area contributed by atoms with Gasteiger partial charge < -0.3 is 9.84 Å². The Morgan fingerprint density at radius 2 is 1.41 bits per heavy atom. The van der Waals surface area contributed by atoms with Crippen LogP contribution in [0, 0.1) is 17.8 Å². The Balaban J connectivity index is -0.000000381. The normalized spacial score (nSPS) is 11.4. The van der Waals surface area contributed by atoms with Gasteiger partial charge in [-0.05, 0) is 51.9 Å². The molecule has 0 aromatic rings. The van der Waals surface area contributed by atoms with Crippen molar-refractivity contribution in [3.8, 4) is 0 Å². The third-order valence-corrected chi connectivity index (χ3v) is 4.69. The van der Waals surface area contributed by atoms with Gasteiger partial charge in [0.25, 0.3) is 5.91 Å². The summed E-state index contributed by atoms with van der Waals surface area (Å²) in [6.07, 6.45) is 1.88. The lowest BCUT2D eigenvalue weighted by Crippen LogP contribution is -2.44. The van der Waals surface area contributed by atoms with E-state index in [1.807, 2.05) is 62.3 Å². The number of hydrogen-bond donors (Lipinski definition) is 1. The van der Waals surface area contributed by atoms with Crippen molar-refractivity contribution >= 4 is 18.1 Å². The smallest absolute Gasteiger partial charge is 0.256 e. The summed E-state index contributed by atoms with van der Waals surface area (Å²) in [5.74, 6) is 0.750. The summed E-state index contributed by atoms with van der Waals surface area (Å²) in [4.78, 5) is 35.6. The Morgan fingerprint density at radius 1 is 0.941 bits per heavy atom. The number of ketones is 1. The maximum Gasteiger partial charge on any atom is 0.256 e. The Kier molecular flexibility index (Phi) is 27.1. The van der Waals surface area contributed by atoms with Gasteiger partial charge >= 0.3 is 0 Å². The van der Waals surface area contributed by atoms with Crippen LogP contribution >= 0.6 is 0 Å². The van der Waals surface area contributed by atoms with Crippen LogP contribution in [-0.4, -0.2) is 53.5 Å². The van der Waals surface area contributed by atoms with Gasteiger partial charge in [-0.15, -0.1) is 0 Å². The molecular formula is C28H57NO5. The highest BCUT2D eigenvalue weighted by Gasteiger charge is 2.29. The summed E-state index contributed by atoms with van der Waals surface area (Å²) >= 11 is 0. The fourth-order valence-corrected chi connectivity index (χ4v) is 2.68. The number of allylic oxidation sites excluding steroid dienone is 1. The van der Waals surface area contributed by atoms with E-state index >= 15 is 0 Å². The van der Waals surface area contributed by atoms with Crippen molar-refractivity contribution in [1.82, 2.24) is 4.90 Å². The number of carbonyl (C=O) groups excluding carboxylic acids is 3. The molecule has 0 aliphatic heterocycles. The SMILES string of the molecule is C/C(=C(\C(=O)N(C=O)CC(C)(C)OCCC(C)C)C(C)C)C(C)C.CC.CC.CC(=O)CCO. The van der Waals surface area contributed by atoms with Crippen molar-refractivity contribution in [2.75, 3.05) is 19.8 Å². The number of rotatable bonds is 12. The van der Waals surface area contributed by atoms with Crippen LogP contribution in [0.25, 0.3) is 0 Å². The molecule has 0 radical (unpaired) electrons. The zero-order valence-electron chi connectivity index (χ0n) is 24.9. The molecule has 0 aliphatic carbocycles. The Hall–Kier alpha value is -1.53. The van der Waals surface area contributed by atoms with E-state index in [-0.39, 0.29) is 36.7 Å². The fourth-order valence-electron chi connectivity index (χ4n) is 2.68. The summed E-state index contributed by atoms with van der Waals surface area (Å²) in [5, 5.41) is 8.02. The molecule has 0 aromatic carbocycles. The molecule has 0 heterocycles. The van der Waals surface area contributed by atoms with E-state index in [4.69, 9.17) is 9.84 Å². The summed E-state index contributed by atoms with van der Waals surface area (Å²) in [6, 6.07) is 0. The summed E-state index contributed by atoms with van der Waals surface area (Å²) < 4.78 is 5.90. The minimum absolute atomic E-state index is 0.0185. The molecule has 6 nitrogen and oxygen atoms in total. The third kappa shape index (κ3) is 21.0. The molecule has 0 aromatic heterocycles. The number of aliphatic hydroxyl groups is 1. The van der Waals surface area contributed by atoms with Crippen LogP contribution in [0.4, 0.5) is 0 Å². The lowest BCUT2D eigenvalue weighted by atomic mass is 9.90. The molecular weight excluding hydrogens is 430 g/mol. The van der Waals surface area contributed by atoms with Crippen LogP contribution in [0.15, 0.2) is 11.1 Å². The highest BCUT2D eigenvalue weighted by Crippen LogP contribution is 2.24. The number of amides is 2. The van der Waals surface area contributed by atoms with Crippen molar-refractivity contribution in [3.05, 3.63) is 11.1 Å². The van der Waals surface area contributed by atoms with Gasteiger partial charge in [-0.25, -0.2) is 0 Å². The molecule has 0 saturated heterocycles. The Morgan fingerprint density at radius 3 is 1.68 bits per heavy atom. The van der Waals surface area contributed by atoms with Gasteiger partial charge in [0.15, 0.2) is 0 Å². The van der Waals surface area contributed by atoms with Crippen molar-refractivity contribution in [3.63, 3.8) is 0 Å². The largest absolute Gasteiger partial charge is 0.396 e. The predicted molar refractivity (Wildman–Crippen MR) is 145 cm³/mol. The number of nitrogens with zero attached hydrogens (tertiary/aromatic N) is 1. The molecule has 0 aliphatic rings. The average Bonchev–Trinajstić information content (AvgIpc) is 2.74. The first kappa shape index (κ1) is 39.7. The number of aliphatic hydroxyl groups excluding tert-OH is 1. The van der Waals surface area contributed by atoms with Crippen LogP contribution in [0.5, 0.6) is 0 Å². The minimum atomic E-state index is -0.556. The number of Topliss-reactive ketones (excluding diaryl/α,β-unsaturated/α-hetero) is 1. The summed E-state index contributed by atoms with van der Waals surface area (Å²) in [6.45, 7) is 28.5. The zero-order chi connectivity index (χ0) is 28.1. The van der Waals surface area contributed by atoms with Crippen molar-refractivity contribution in [2.45, 2.75) is 115 Å². The average molecular weight is 488 g/mol. The van der Waals surface area contributed by atoms with E-state index in [2.05, 4.69) is 27.7 Å². The molecule has 0 fully saturated rings. The first-order chi connectivity index (χ1) is 15.7. The van der Waals surface area contributed by atoms with Gasteiger partial charge in [0.05, 0.1) is 12.1 Å². The lowest BCUT2D eigenvalue weighted by Gasteiger charge is -2.31. The first-order valence-corrected chi connectivity index (χ1v) is 12.9. The van der Waals surface area contributed by atoms with E-state index in [1.165, 1.54) is 11.8 Å².